The van der Waals surface area contributed by atoms with Gasteiger partial charge < -0.3 is 20.3 Å². The van der Waals surface area contributed by atoms with E-state index >= 15 is 0 Å². The van der Waals surface area contributed by atoms with Crippen molar-refractivity contribution in [2.45, 2.75) is 13.5 Å². The van der Waals surface area contributed by atoms with Gasteiger partial charge in [-0.1, -0.05) is 18.2 Å². The Bertz CT molecular complexity index is 859. The van der Waals surface area contributed by atoms with Gasteiger partial charge in [-0.15, -0.1) is 0 Å². The summed E-state index contributed by atoms with van der Waals surface area (Å²) in [4.78, 5) is 8.58. The molecule has 0 atom stereocenters. The highest BCUT2D eigenvalue weighted by atomic mass is 19.3. The van der Waals surface area contributed by atoms with E-state index in [4.69, 9.17) is 14.6 Å². The molecule has 0 saturated carbocycles. The Morgan fingerprint density at radius 2 is 1.96 bits per heavy atom. The van der Waals surface area contributed by atoms with Gasteiger partial charge in [0, 0.05) is 22.0 Å². The van der Waals surface area contributed by atoms with Gasteiger partial charge in [0.05, 0.1) is 0 Å². The zero-order chi connectivity index (χ0) is 17.0. The van der Waals surface area contributed by atoms with E-state index in [2.05, 4.69) is 10.5 Å². The third kappa shape index (κ3) is 3.28. The van der Waals surface area contributed by atoms with Gasteiger partial charge in [-0.2, -0.15) is 8.78 Å². The van der Waals surface area contributed by atoms with Gasteiger partial charge in [0.25, 0.3) is 0 Å². The largest absolute Gasteiger partial charge is 0.452 e. The number of carbonyl (C=O) groups excluding carboxylic acids is 1. The Kier molecular flexibility index (Phi) is 4.90. The number of rotatable bonds is 3. The smallest absolute Gasteiger partial charge is 0.387 e. The lowest BCUT2D eigenvalue weighted by Crippen LogP contribution is -2.03. The number of amides is 1. The number of para-hydroxylation sites is 1. The van der Waals surface area contributed by atoms with Crippen LogP contribution in [0.1, 0.15) is 12.5 Å². The first-order chi connectivity index (χ1) is 11.0. The van der Waals surface area contributed by atoms with Crippen molar-refractivity contribution in [3.05, 3.63) is 42.0 Å². The summed E-state index contributed by atoms with van der Waals surface area (Å²) >= 11 is 0. The number of primary amides is 1. The third-order valence-corrected chi connectivity index (χ3v) is 3.11. The molecule has 120 valence electrons. The summed E-state index contributed by atoms with van der Waals surface area (Å²) in [6.07, 6.45) is 0.250. The van der Waals surface area contributed by atoms with Gasteiger partial charge >= 0.3 is 6.61 Å². The Labute approximate surface area is 130 Å². The minimum Gasteiger partial charge on any atom is -0.452 e. The molecule has 0 aliphatic carbocycles. The van der Waals surface area contributed by atoms with Crippen LogP contribution < -0.4 is 10.5 Å². The zero-order valence-electron chi connectivity index (χ0n) is 12.2. The number of carbonyl (C=O) groups is 1. The quantitative estimate of drug-likeness (QED) is 0.570. The molecule has 1 amide bonds. The van der Waals surface area contributed by atoms with E-state index < -0.39 is 6.61 Å². The second-order valence-corrected chi connectivity index (χ2v) is 4.55. The van der Waals surface area contributed by atoms with Crippen molar-refractivity contribution in [3.8, 4) is 5.75 Å². The second kappa shape index (κ2) is 6.87. The number of benzene rings is 2. The molecule has 0 saturated heterocycles. The van der Waals surface area contributed by atoms with Crippen LogP contribution in [0.25, 0.3) is 21.9 Å². The first-order valence-corrected chi connectivity index (χ1v) is 6.59. The van der Waals surface area contributed by atoms with Crippen LogP contribution in [0, 0.1) is 5.41 Å². The molecular formula is C16H14F2N2O3. The van der Waals surface area contributed by atoms with E-state index in [1.165, 1.54) is 6.07 Å². The van der Waals surface area contributed by atoms with Gasteiger partial charge in [0.1, 0.15) is 5.58 Å². The Balaban J connectivity index is 0.000000595. The maximum Gasteiger partial charge on any atom is 0.387 e. The molecular weight excluding hydrogens is 306 g/mol. The molecule has 0 spiro atoms. The van der Waals surface area contributed by atoms with Crippen LogP contribution in [0.3, 0.4) is 0 Å². The molecule has 0 fully saturated rings. The maximum atomic E-state index is 12.5. The van der Waals surface area contributed by atoms with Crippen molar-refractivity contribution >= 4 is 34.1 Å². The van der Waals surface area contributed by atoms with Crippen LogP contribution in [0.2, 0.25) is 0 Å². The summed E-state index contributed by atoms with van der Waals surface area (Å²) < 4.78 is 35.0. The lowest BCUT2D eigenvalue weighted by Gasteiger charge is -2.07. The first-order valence-electron chi connectivity index (χ1n) is 6.59. The molecule has 0 bridgehead atoms. The number of halogens is 2. The summed E-state index contributed by atoms with van der Waals surface area (Å²) in [5, 5.41) is 9.22. The predicted molar refractivity (Wildman–Crippen MR) is 83.1 cm³/mol. The monoisotopic (exact) mass is 320 g/mol. The van der Waals surface area contributed by atoms with Crippen LogP contribution in [0.15, 0.2) is 40.8 Å². The SMILES string of the molecule is CC(=N)c1ccc(OC(F)F)c2oc3ccccc3c12.NC=O. The molecule has 0 aliphatic heterocycles. The van der Waals surface area contributed by atoms with Crippen molar-refractivity contribution in [2.75, 3.05) is 0 Å². The fraction of sp³-hybridized carbons (Fsp3) is 0.125. The Hall–Kier alpha value is -2.96. The molecule has 5 nitrogen and oxygen atoms in total. The van der Waals surface area contributed by atoms with Gasteiger partial charge in [-0.05, 0) is 25.1 Å². The average Bonchev–Trinajstić information content (AvgIpc) is 2.87. The fourth-order valence-corrected chi connectivity index (χ4v) is 2.31. The normalized spacial score (nSPS) is 10.4. The van der Waals surface area contributed by atoms with E-state index in [-0.39, 0.29) is 17.7 Å². The number of nitrogens with two attached hydrogens (primary N) is 1. The number of hydrogen-bond acceptors (Lipinski definition) is 4. The number of furan rings is 1. The average molecular weight is 320 g/mol. The molecule has 7 heteroatoms. The van der Waals surface area contributed by atoms with Gasteiger partial charge in [-0.25, -0.2) is 0 Å². The lowest BCUT2D eigenvalue weighted by molar-refractivity contribution is -0.106. The molecule has 1 heterocycles. The molecule has 0 radical (unpaired) electrons. The van der Waals surface area contributed by atoms with E-state index in [0.29, 0.717) is 22.2 Å². The van der Waals surface area contributed by atoms with E-state index in [1.54, 1.807) is 25.1 Å². The highest BCUT2D eigenvalue weighted by Gasteiger charge is 2.18. The Morgan fingerprint density at radius 3 is 2.57 bits per heavy atom. The summed E-state index contributed by atoms with van der Waals surface area (Å²) in [6.45, 7) is -1.28. The van der Waals surface area contributed by atoms with Crippen LogP contribution in [-0.4, -0.2) is 18.7 Å². The third-order valence-electron chi connectivity index (χ3n) is 3.11. The van der Waals surface area contributed by atoms with Gasteiger partial charge in [0.2, 0.25) is 6.41 Å². The van der Waals surface area contributed by atoms with E-state index in [9.17, 15) is 8.78 Å². The number of ether oxygens (including phenoxy) is 1. The van der Waals surface area contributed by atoms with E-state index in [0.717, 1.165) is 5.39 Å². The highest BCUT2D eigenvalue weighted by Crippen LogP contribution is 2.37. The van der Waals surface area contributed by atoms with Crippen molar-refractivity contribution in [1.29, 1.82) is 5.41 Å². The summed E-state index contributed by atoms with van der Waals surface area (Å²) in [5.74, 6) is -0.0174. The molecule has 2 aromatic carbocycles. The molecule has 1 aromatic heterocycles. The lowest BCUT2D eigenvalue weighted by atomic mass is 10.0. The highest BCUT2D eigenvalue weighted by molar-refractivity contribution is 6.18. The summed E-state index contributed by atoms with van der Waals surface area (Å²) in [5.41, 5.74) is 5.97. The molecule has 23 heavy (non-hydrogen) atoms. The predicted octanol–water partition coefficient (Wildman–Crippen LogP) is 3.68. The van der Waals surface area contributed by atoms with Crippen LogP contribution in [0.5, 0.6) is 5.75 Å². The molecule has 3 N–H and O–H groups in total. The molecule has 3 rings (SSSR count). The summed E-state index contributed by atoms with van der Waals surface area (Å²) in [6, 6.07) is 10.2. The standard InChI is InChI=1S/C15H11F2NO2.CH3NO/c1-8(18)9-6-7-12(20-15(16)17)14-13(9)10-4-2-3-5-11(10)19-14;2-1-3/h2-7,15,18H,1H3;1H,(H2,2,3). The second-order valence-electron chi connectivity index (χ2n) is 4.55. The number of nitrogens with one attached hydrogen (secondary N) is 1. The van der Waals surface area contributed by atoms with Crippen LogP contribution >= 0.6 is 0 Å². The number of fused-ring (bicyclic) bond motifs is 3. The van der Waals surface area contributed by atoms with Gasteiger partial charge in [-0.3, -0.25) is 4.79 Å². The topological polar surface area (TPSA) is 89.3 Å². The van der Waals surface area contributed by atoms with Crippen molar-refractivity contribution in [2.24, 2.45) is 5.73 Å². The minimum atomic E-state index is -2.92. The zero-order valence-corrected chi connectivity index (χ0v) is 12.2. The number of hydrogen-bond donors (Lipinski definition) is 2. The van der Waals surface area contributed by atoms with Crippen molar-refractivity contribution in [1.82, 2.24) is 0 Å². The molecule has 0 unspecified atom stereocenters. The summed E-state index contributed by atoms with van der Waals surface area (Å²) in [7, 11) is 0. The van der Waals surface area contributed by atoms with Crippen LogP contribution in [0.4, 0.5) is 8.78 Å². The van der Waals surface area contributed by atoms with E-state index in [1.807, 2.05) is 12.1 Å². The first kappa shape index (κ1) is 16.4. The van der Waals surface area contributed by atoms with Crippen LogP contribution in [-0.2, 0) is 4.79 Å². The minimum absolute atomic E-state index is 0.0174. The molecule has 0 aliphatic rings. The fourth-order valence-electron chi connectivity index (χ4n) is 2.31. The van der Waals surface area contributed by atoms with Crippen molar-refractivity contribution < 1.29 is 22.7 Å². The van der Waals surface area contributed by atoms with Gasteiger partial charge in [0.15, 0.2) is 11.3 Å². The van der Waals surface area contributed by atoms with Crippen molar-refractivity contribution in [3.63, 3.8) is 0 Å². The molecule has 3 aromatic rings. The Morgan fingerprint density at radius 1 is 1.30 bits per heavy atom. The number of alkyl halides is 2. The maximum absolute atomic E-state index is 12.5.